The van der Waals surface area contributed by atoms with Crippen LogP contribution in [0, 0.1) is 6.92 Å². The first-order chi connectivity index (χ1) is 13.7. The topological polar surface area (TPSA) is 65.0 Å². The normalized spacial score (nSPS) is 10.9. The van der Waals surface area contributed by atoms with Crippen molar-refractivity contribution in [1.29, 1.82) is 0 Å². The summed E-state index contributed by atoms with van der Waals surface area (Å²) in [5.74, 6) is 1.78. The first-order valence-electron chi connectivity index (χ1n) is 8.87. The first kappa shape index (κ1) is 19.7. The summed E-state index contributed by atoms with van der Waals surface area (Å²) < 4.78 is 16.5. The SMILES string of the molecule is CCOc1c(OC)cc(/C=N\Nc2nc(-c3ccccc3)c(C)s2)cc1OC. The number of nitrogens with one attached hydrogen (secondary N) is 1. The zero-order chi connectivity index (χ0) is 19.9. The fourth-order valence-electron chi connectivity index (χ4n) is 2.73. The molecule has 0 fully saturated rings. The van der Waals surface area contributed by atoms with Gasteiger partial charge in [-0.05, 0) is 26.0 Å². The summed E-state index contributed by atoms with van der Waals surface area (Å²) in [5.41, 5.74) is 5.88. The van der Waals surface area contributed by atoms with Crippen LogP contribution < -0.4 is 19.6 Å². The van der Waals surface area contributed by atoms with Gasteiger partial charge in [0.05, 0.1) is 32.7 Å². The molecule has 1 N–H and O–H groups in total. The van der Waals surface area contributed by atoms with E-state index in [2.05, 4.69) is 22.4 Å². The lowest BCUT2D eigenvalue weighted by Gasteiger charge is -2.14. The summed E-state index contributed by atoms with van der Waals surface area (Å²) in [4.78, 5) is 5.77. The summed E-state index contributed by atoms with van der Waals surface area (Å²) in [5, 5.41) is 5.04. The Hall–Kier alpha value is -3.06. The fraction of sp³-hybridized carbons (Fsp3) is 0.238. The Morgan fingerprint density at radius 1 is 1.11 bits per heavy atom. The molecule has 0 radical (unpaired) electrons. The molecule has 6 nitrogen and oxygen atoms in total. The molecule has 0 saturated heterocycles. The Labute approximate surface area is 168 Å². The summed E-state index contributed by atoms with van der Waals surface area (Å²) in [7, 11) is 3.19. The minimum Gasteiger partial charge on any atom is -0.493 e. The number of nitrogens with zero attached hydrogens (tertiary/aromatic N) is 2. The zero-order valence-corrected chi connectivity index (χ0v) is 17.2. The molecule has 0 amide bonds. The van der Waals surface area contributed by atoms with E-state index < -0.39 is 0 Å². The molecule has 0 saturated carbocycles. The van der Waals surface area contributed by atoms with Gasteiger partial charge >= 0.3 is 0 Å². The van der Waals surface area contributed by atoms with Gasteiger partial charge in [-0.1, -0.05) is 30.3 Å². The molecule has 0 bridgehead atoms. The number of rotatable bonds is 8. The number of hydrogen-bond acceptors (Lipinski definition) is 7. The molecule has 0 aliphatic carbocycles. The number of methoxy groups -OCH3 is 2. The quantitative estimate of drug-likeness (QED) is 0.429. The van der Waals surface area contributed by atoms with E-state index in [1.165, 1.54) is 0 Å². The minimum atomic E-state index is 0.523. The third kappa shape index (κ3) is 4.43. The number of aryl methyl sites for hydroxylation is 1. The van der Waals surface area contributed by atoms with Gasteiger partial charge in [0.15, 0.2) is 11.5 Å². The van der Waals surface area contributed by atoms with E-state index in [0.29, 0.717) is 23.9 Å². The van der Waals surface area contributed by atoms with Crippen LogP contribution in [0.2, 0.25) is 0 Å². The molecule has 0 aliphatic heterocycles. The molecular weight excluding hydrogens is 374 g/mol. The minimum absolute atomic E-state index is 0.523. The van der Waals surface area contributed by atoms with Gasteiger partial charge in [0.25, 0.3) is 0 Å². The number of aromatic nitrogens is 1. The number of thiazole rings is 1. The summed E-state index contributed by atoms with van der Waals surface area (Å²) >= 11 is 1.56. The molecule has 3 rings (SSSR count). The molecular formula is C21H23N3O3S. The first-order valence-corrected chi connectivity index (χ1v) is 9.68. The number of anilines is 1. The van der Waals surface area contributed by atoms with Crippen molar-refractivity contribution in [3.05, 3.63) is 52.9 Å². The summed E-state index contributed by atoms with van der Waals surface area (Å²) in [6.07, 6.45) is 1.69. The second-order valence-electron chi connectivity index (χ2n) is 5.85. The van der Waals surface area contributed by atoms with Crippen molar-refractivity contribution in [2.75, 3.05) is 26.3 Å². The second kappa shape index (κ2) is 9.23. The van der Waals surface area contributed by atoms with Crippen molar-refractivity contribution >= 4 is 22.7 Å². The van der Waals surface area contributed by atoms with Gasteiger partial charge in [-0.2, -0.15) is 5.10 Å². The van der Waals surface area contributed by atoms with Crippen molar-refractivity contribution in [2.45, 2.75) is 13.8 Å². The van der Waals surface area contributed by atoms with Crippen LogP contribution in [-0.4, -0.2) is 32.0 Å². The van der Waals surface area contributed by atoms with Crippen LogP contribution in [0.4, 0.5) is 5.13 Å². The van der Waals surface area contributed by atoms with Crippen LogP contribution >= 0.6 is 11.3 Å². The average Bonchev–Trinajstić information content (AvgIpc) is 3.09. The third-order valence-electron chi connectivity index (χ3n) is 3.99. The smallest absolute Gasteiger partial charge is 0.204 e. The van der Waals surface area contributed by atoms with Crippen LogP contribution in [0.15, 0.2) is 47.6 Å². The van der Waals surface area contributed by atoms with Gasteiger partial charge in [-0.25, -0.2) is 4.98 Å². The average molecular weight is 398 g/mol. The van der Waals surface area contributed by atoms with Gasteiger partial charge < -0.3 is 14.2 Å². The maximum Gasteiger partial charge on any atom is 0.204 e. The van der Waals surface area contributed by atoms with Gasteiger partial charge in [0.1, 0.15) is 0 Å². The van der Waals surface area contributed by atoms with E-state index in [9.17, 15) is 0 Å². The Bertz CT molecular complexity index is 930. The Morgan fingerprint density at radius 3 is 2.39 bits per heavy atom. The highest BCUT2D eigenvalue weighted by Gasteiger charge is 2.13. The number of hydrogen-bond donors (Lipinski definition) is 1. The Morgan fingerprint density at radius 2 is 1.79 bits per heavy atom. The van der Waals surface area contributed by atoms with Crippen LogP contribution in [0.25, 0.3) is 11.3 Å². The maximum absolute atomic E-state index is 5.62. The fourth-order valence-corrected chi connectivity index (χ4v) is 3.52. The molecule has 0 aliphatic rings. The zero-order valence-electron chi connectivity index (χ0n) is 16.4. The number of benzene rings is 2. The van der Waals surface area contributed by atoms with Crippen molar-refractivity contribution in [2.24, 2.45) is 5.10 Å². The monoisotopic (exact) mass is 397 g/mol. The Balaban J connectivity index is 1.78. The summed E-state index contributed by atoms with van der Waals surface area (Å²) in [6, 6.07) is 13.8. The molecule has 0 spiro atoms. The largest absolute Gasteiger partial charge is 0.493 e. The van der Waals surface area contributed by atoms with E-state index in [0.717, 1.165) is 26.8 Å². The molecule has 1 heterocycles. The van der Waals surface area contributed by atoms with Crippen molar-refractivity contribution in [1.82, 2.24) is 4.98 Å². The van der Waals surface area contributed by atoms with Crippen LogP contribution in [-0.2, 0) is 0 Å². The highest BCUT2D eigenvalue weighted by molar-refractivity contribution is 7.15. The standard InChI is InChI=1S/C21H23N3O3S/c1-5-27-20-17(25-3)11-15(12-18(20)26-4)13-22-24-21-23-19(14(2)28-21)16-9-7-6-8-10-16/h6-13H,5H2,1-4H3,(H,23,24)/b22-13-. The van der Waals surface area contributed by atoms with Gasteiger partial charge in [0, 0.05) is 16.0 Å². The molecule has 3 aromatic rings. The van der Waals surface area contributed by atoms with Gasteiger partial charge in [-0.15, -0.1) is 11.3 Å². The van der Waals surface area contributed by atoms with E-state index >= 15 is 0 Å². The molecule has 7 heteroatoms. The van der Waals surface area contributed by atoms with E-state index in [1.54, 1.807) is 31.8 Å². The molecule has 28 heavy (non-hydrogen) atoms. The third-order valence-corrected chi connectivity index (χ3v) is 4.86. The van der Waals surface area contributed by atoms with E-state index in [-0.39, 0.29) is 0 Å². The molecule has 0 atom stereocenters. The maximum atomic E-state index is 5.62. The van der Waals surface area contributed by atoms with Crippen LogP contribution in [0.5, 0.6) is 17.2 Å². The molecule has 2 aromatic carbocycles. The lowest BCUT2D eigenvalue weighted by atomic mass is 10.1. The van der Waals surface area contributed by atoms with Crippen molar-refractivity contribution < 1.29 is 14.2 Å². The predicted molar refractivity (Wildman–Crippen MR) is 114 cm³/mol. The summed E-state index contributed by atoms with van der Waals surface area (Å²) in [6.45, 7) is 4.49. The highest BCUT2D eigenvalue weighted by Crippen LogP contribution is 2.38. The Kier molecular flexibility index (Phi) is 6.49. The number of hydrazone groups is 1. The second-order valence-corrected chi connectivity index (χ2v) is 7.05. The van der Waals surface area contributed by atoms with E-state index in [1.807, 2.05) is 49.4 Å². The van der Waals surface area contributed by atoms with Crippen molar-refractivity contribution in [3.8, 4) is 28.5 Å². The molecule has 1 aromatic heterocycles. The lowest BCUT2D eigenvalue weighted by Crippen LogP contribution is -2.00. The van der Waals surface area contributed by atoms with Gasteiger partial charge in [-0.3, -0.25) is 5.43 Å². The lowest BCUT2D eigenvalue weighted by molar-refractivity contribution is 0.288. The predicted octanol–water partition coefficient (Wildman–Crippen LogP) is 4.98. The molecule has 0 unspecified atom stereocenters. The highest BCUT2D eigenvalue weighted by atomic mass is 32.1. The van der Waals surface area contributed by atoms with Crippen molar-refractivity contribution in [3.63, 3.8) is 0 Å². The van der Waals surface area contributed by atoms with Gasteiger partial charge in [0.2, 0.25) is 10.9 Å². The molecule has 146 valence electrons. The number of ether oxygens (including phenoxy) is 3. The van der Waals surface area contributed by atoms with Crippen LogP contribution in [0.3, 0.4) is 0 Å². The van der Waals surface area contributed by atoms with E-state index in [4.69, 9.17) is 14.2 Å². The van der Waals surface area contributed by atoms with Crippen LogP contribution in [0.1, 0.15) is 17.4 Å².